The van der Waals surface area contributed by atoms with Crippen molar-refractivity contribution in [1.82, 2.24) is 4.90 Å². The highest BCUT2D eigenvalue weighted by Crippen LogP contribution is 2.35. The molecule has 4 heteroatoms. The predicted octanol–water partition coefficient (Wildman–Crippen LogP) is 3.72. The van der Waals surface area contributed by atoms with Gasteiger partial charge in [0.25, 0.3) is 5.91 Å². The summed E-state index contributed by atoms with van der Waals surface area (Å²) in [5, 5.41) is 0. The summed E-state index contributed by atoms with van der Waals surface area (Å²) < 4.78 is 26.7. The maximum absolute atomic E-state index is 13.8. The highest BCUT2D eigenvalue weighted by atomic mass is 19.1. The van der Waals surface area contributed by atoms with Gasteiger partial charge in [0, 0.05) is 13.1 Å². The molecule has 3 rings (SSSR count). The zero-order valence-corrected chi connectivity index (χ0v) is 11.6. The summed E-state index contributed by atoms with van der Waals surface area (Å²) in [6.07, 6.45) is 1.73. The van der Waals surface area contributed by atoms with Gasteiger partial charge in [0.2, 0.25) is 0 Å². The smallest absolute Gasteiger partial charge is 0.257 e. The number of carbonyl (C=O) groups is 1. The summed E-state index contributed by atoms with van der Waals surface area (Å²) in [5.41, 5.74) is 2.24. The minimum Gasteiger partial charge on any atom is -0.335 e. The van der Waals surface area contributed by atoms with Crippen molar-refractivity contribution in [1.29, 1.82) is 0 Å². The third-order valence-corrected chi connectivity index (χ3v) is 4.05. The molecule has 0 fully saturated rings. The fourth-order valence-electron chi connectivity index (χ4n) is 2.93. The van der Waals surface area contributed by atoms with Crippen molar-refractivity contribution in [2.24, 2.45) is 0 Å². The molecule has 2 aromatic rings. The zero-order chi connectivity index (χ0) is 15.0. The van der Waals surface area contributed by atoms with E-state index in [1.54, 1.807) is 11.9 Å². The van der Waals surface area contributed by atoms with E-state index in [1.807, 2.05) is 24.3 Å². The number of rotatable bonds is 2. The van der Waals surface area contributed by atoms with Crippen LogP contribution in [0.5, 0.6) is 0 Å². The lowest BCUT2D eigenvalue weighted by Crippen LogP contribution is -2.30. The van der Waals surface area contributed by atoms with E-state index < -0.39 is 17.5 Å². The van der Waals surface area contributed by atoms with Gasteiger partial charge in [0.05, 0.1) is 11.6 Å². The van der Waals surface area contributed by atoms with Gasteiger partial charge in [-0.05, 0) is 36.1 Å². The first-order chi connectivity index (χ1) is 10.1. The lowest BCUT2D eigenvalue weighted by molar-refractivity contribution is 0.0725. The van der Waals surface area contributed by atoms with Crippen molar-refractivity contribution >= 4 is 5.91 Å². The zero-order valence-electron chi connectivity index (χ0n) is 11.6. The third-order valence-electron chi connectivity index (χ3n) is 4.05. The van der Waals surface area contributed by atoms with Crippen LogP contribution in [0.2, 0.25) is 0 Å². The first-order valence-corrected chi connectivity index (χ1v) is 6.88. The van der Waals surface area contributed by atoms with Crippen molar-refractivity contribution in [3.05, 3.63) is 70.8 Å². The number of hydrogen-bond acceptors (Lipinski definition) is 1. The average molecular weight is 287 g/mol. The Labute approximate surface area is 122 Å². The van der Waals surface area contributed by atoms with Gasteiger partial charge >= 0.3 is 0 Å². The van der Waals surface area contributed by atoms with E-state index in [0.717, 1.165) is 30.5 Å². The lowest BCUT2D eigenvalue weighted by atomic mass is 10.1. The summed E-state index contributed by atoms with van der Waals surface area (Å²) in [7, 11) is 1.66. The number of benzene rings is 2. The van der Waals surface area contributed by atoms with E-state index in [4.69, 9.17) is 0 Å². The maximum atomic E-state index is 13.8. The van der Waals surface area contributed by atoms with Gasteiger partial charge in [-0.1, -0.05) is 24.3 Å². The Balaban J connectivity index is 1.89. The van der Waals surface area contributed by atoms with Gasteiger partial charge in [-0.15, -0.1) is 0 Å². The van der Waals surface area contributed by atoms with Gasteiger partial charge < -0.3 is 4.90 Å². The van der Waals surface area contributed by atoms with Crippen molar-refractivity contribution in [3.8, 4) is 0 Å². The first-order valence-electron chi connectivity index (χ1n) is 6.88. The summed E-state index contributed by atoms with van der Waals surface area (Å²) >= 11 is 0. The van der Waals surface area contributed by atoms with Gasteiger partial charge in [-0.2, -0.15) is 0 Å². The van der Waals surface area contributed by atoms with E-state index in [-0.39, 0.29) is 11.6 Å². The van der Waals surface area contributed by atoms with Crippen LogP contribution in [0.1, 0.15) is 33.9 Å². The van der Waals surface area contributed by atoms with E-state index in [0.29, 0.717) is 0 Å². The van der Waals surface area contributed by atoms with E-state index in [9.17, 15) is 13.6 Å². The molecule has 1 amide bonds. The molecule has 1 aliphatic rings. The summed E-state index contributed by atoms with van der Waals surface area (Å²) in [6.45, 7) is 0. The van der Waals surface area contributed by atoms with Crippen molar-refractivity contribution < 1.29 is 13.6 Å². The maximum Gasteiger partial charge on any atom is 0.257 e. The normalized spacial score (nSPS) is 16.6. The molecule has 0 radical (unpaired) electrons. The molecule has 21 heavy (non-hydrogen) atoms. The molecule has 0 saturated carbocycles. The standard InChI is InChI=1S/C17H15F2NO/c1-20(16-9-6-11-4-2-3-5-13(11)16)17(21)14-8-7-12(18)10-15(14)19/h2-5,7-8,10,16H,6,9H2,1H3/t16-/m0/s1. The molecule has 0 aromatic heterocycles. The van der Waals surface area contributed by atoms with Crippen molar-refractivity contribution in [2.75, 3.05) is 7.05 Å². The Bertz CT molecular complexity index is 699. The Hall–Kier alpha value is -2.23. The Morgan fingerprint density at radius 1 is 1.19 bits per heavy atom. The van der Waals surface area contributed by atoms with Crippen LogP contribution in [-0.2, 0) is 6.42 Å². The molecule has 2 nitrogen and oxygen atoms in total. The number of nitrogens with zero attached hydrogens (tertiary/aromatic N) is 1. The number of halogens is 2. The second-order valence-corrected chi connectivity index (χ2v) is 5.29. The van der Waals surface area contributed by atoms with Gasteiger partial charge in [0.1, 0.15) is 11.6 Å². The fourth-order valence-corrected chi connectivity index (χ4v) is 2.93. The Morgan fingerprint density at radius 2 is 1.95 bits per heavy atom. The van der Waals surface area contributed by atoms with Crippen LogP contribution >= 0.6 is 0 Å². The molecule has 0 spiro atoms. The average Bonchev–Trinajstić information content (AvgIpc) is 2.90. The molecule has 0 saturated heterocycles. The van der Waals surface area contributed by atoms with Crippen LogP contribution in [0.4, 0.5) is 8.78 Å². The molecule has 0 N–H and O–H groups in total. The number of carbonyl (C=O) groups excluding carboxylic acids is 1. The summed E-state index contributed by atoms with van der Waals surface area (Å²) in [5.74, 6) is -1.93. The van der Waals surface area contributed by atoms with Crippen LogP contribution in [0, 0.1) is 11.6 Å². The summed E-state index contributed by atoms with van der Waals surface area (Å²) in [4.78, 5) is 14.0. The number of amides is 1. The number of fused-ring (bicyclic) bond motifs is 1. The molecular formula is C17H15F2NO. The van der Waals surface area contributed by atoms with Crippen LogP contribution in [0.25, 0.3) is 0 Å². The minimum absolute atomic E-state index is 0.0573. The molecular weight excluding hydrogens is 272 g/mol. The van der Waals surface area contributed by atoms with E-state index in [1.165, 1.54) is 11.6 Å². The van der Waals surface area contributed by atoms with Gasteiger partial charge in [-0.25, -0.2) is 8.78 Å². The van der Waals surface area contributed by atoms with Crippen LogP contribution in [0.15, 0.2) is 42.5 Å². The Morgan fingerprint density at radius 3 is 2.71 bits per heavy atom. The molecule has 0 bridgehead atoms. The molecule has 108 valence electrons. The monoisotopic (exact) mass is 287 g/mol. The van der Waals surface area contributed by atoms with Gasteiger partial charge in [0.15, 0.2) is 0 Å². The third kappa shape index (κ3) is 2.42. The highest BCUT2D eigenvalue weighted by Gasteiger charge is 2.29. The van der Waals surface area contributed by atoms with E-state index in [2.05, 4.69) is 0 Å². The van der Waals surface area contributed by atoms with Crippen LogP contribution in [0.3, 0.4) is 0 Å². The Kier molecular flexibility index (Phi) is 3.45. The fraction of sp³-hybridized carbons (Fsp3) is 0.235. The molecule has 0 aliphatic heterocycles. The lowest BCUT2D eigenvalue weighted by Gasteiger charge is -2.25. The molecule has 1 atom stereocenters. The van der Waals surface area contributed by atoms with Crippen molar-refractivity contribution in [2.45, 2.75) is 18.9 Å². The molecule has 1 aliphatic carbocycles. The topological polar surface area (TPSA) is 20.3 Å². The van der Waals surface area contributed by atoms with Crippen LogP contribution < -0.4 is 0 Å². The number of hydrogen-bond donors (Lipinski definition) is 0. The van der Waals surface area contributed by atoms with Crippen molar-refractivity contribution in [3.63, 3.8) is 0 Å². The predicted molar refractivity (Wildman–Crippen MR) is 76.0 cm³/mol. The first kappa shape index (κ1) is 13.7. The highest BCUT2D eigenvalue weighted by molar-refractivity contribution is 5.94. The van der Waals surface area contributed by atoms with Crippen LogP contribution in [-0.4, -0.2) is 17.9 Å². The van der Waals surface area contributed by atoms with E-state index >= 15 is 0 Å². The largest absolute Gasteiger partial charge is 0.335 e. The number of aryl methyl sites for hydroxylation is 1. The quantitative estimate of drug-likeness (QED) is 0.824. The minimum atomic E-state index is -0.821. The SMILES string of the molecule is CN(C(=O)c1ccc(F)cc1F)[C@H]1CCc2ccccc21. The van der Waals surface area contributed by atoms with Gasteiger partial charge in [-0.3, -0.25) is 4.79 Å². The molecule has 0 heterocycles. The molecule has 0 unspecified atom stereocenters. The second-order valence-electron chi connectivity index (χ2n) is 5.29. The molecule has 2 aromatic carbocycles. The second kappa shape index (κ2) is 5.28. The summed E-state index contributed by atoms with van der Waals surface area (Å²) in [6, 6.07) is 10.9.